The summed E-state index contributed by atoms with van der Waals surface area (Å²) < 4.78 is 29.9. The van der Waals surface area contributed by atoms with Crippen molar-refractivity contribution in [2.45, 2.75) is 32.9 Å². The van der Waals surface area contributed by atoms with Crippen molar-refractivity contribution >= 4 is 21.7 Å². The van der Waals surface area contributed by atoms with Gasteiger partial charge in [0.1, 0.15) is 5.75 Å². The highest BCUT2D eigenvalue weighted by Crippen LogP contribution is 2.26. The number of aromatic nitrogens is 2. The molecule has 7 heteroatoms. The van der Waals surface area contributed by atoms with E-state index in [0.717, 1.165) is 0 Å². The number of hydrogen-bond acceptors (Lipinski definition) is 4. The highest BCUT2D eigenvalue weighted by atomic mass is 35.5. The van der Waals surface area contributed by atoms with E-state index in [1.807, 2.05) is 20.8 Å². The lowest BCUT2D eigenvalue weighted by molar-refractivity contribution is -0.750. The van der Waals surface area contributed by atoms with Crippen molar-refractivity contribution in [1.82, 2.24) is 5.10 Å². The summed E-state index contributed by atoms with van der Waals surface area (Å²) in [5.41, 5.74) is -1.32. The molecule has 0 radical (unpaired) electrons. The predicted octanol–water partition coefficient (Wildman–Crippen LogP) is 1.33. The normalized spacial score (nSPS) is 14.4. The first kappa shape index (κ1) is 15.3. The predicted molar refractivity (Wildman–Crippen MR) is 68.4 cm³/mol. The number of alkyl halides is 1. The van der Waals surface area contributed by atoms with Gasteiger partial charge >= 0.3 is 0 Å². The average Bonchev–Trinajstić information content (AvgIpc) is 2.26. The molecule has 1 atom stereocenters. The number of hydrogen-bond donors (Lipinski definition) is 0. The van der Waals surface area contributed by atoms with E-state index in [9.17, 15) is 8.42 Å². The molecule has 0 aliphatic carbocycles. The second-order valence-corrected chi connectivity index (χ2v) is 7.11. The molecule has 5 nitrogen and oxygen atoms in total. The minimum absolute atomic E-state index is 0.159. The van der Waals surface area contributed by atoms with Gasteiger partial charge in [-0.1, -0.05) is 37.1 Å². The van der Waals surface area contributed by atoms with Crippen LogP contribution in [0.25, 0.3) is 0 Å². The van der Waals surface area contributed by atoms with Crippen LogP contribution in [0.1, 0.15) is 20.8 Å². The van der Waals surface area contributed by atoms with E-state index >= 15 is 0 Å². The molecule has 0 aromatic carbocycles. The van der Waals surface area contributed by atoms with E-state index in [2.05, 4.69) is 5.10 Å². The fourth-order valence-electron chi connectivity index (χ4n) is 1.02. The van der Waals surface area contributed by atoms with Gasteiger partial charge in [0.2, 0.25) is 0 Å². The van der Waals surface area contributed by atoms with Crippen LogP contribution in [0, 0.1) is 5.41 Å². The highest BCUT2D eigenvalue weighted by molar-refractivity contribution is 7.86. The molecule has 0 bridgehead atoms. The van der Waals surface area contributed by atoms with Crippen LogP contribution in [0.3, 0.4) is 0 Å². The number of rotatable bonds is 5. The Balaban J connectivity index is 2.56. The molecule has 1 rings (SSSR count). The van der Waals surface area contributed by atoms with Gasteiger partial charge in [-0.3, -0.25) is 0 Å². The van der Waals surface area contributed by atoms with Gasteiger partial charge in [0, 0.05) is 11.5 Å². The van der Waals surface area contributed by atoms with Crippen LogP contribution in [-0.4, -0.2) is 24.8 Å². The van der Waals surface area contributed by atoms with Crippen molar-refractivity contribution in [3.8, 4) is 0 Å². The minimum Gasteiger partial charge on any atom is -0.250 e. The van der Waals surface area contributed by atoms with E-state index in [1.165, 1.54) is 4.68 Å². The fourth-order valence-corrected chi connectivity index (χ4v) is 2.41. The monoisotopic (exact) mass is 293 g/mol. The Bertz CT molecular complexity index is 471. The quantitative estimate of drug-likeness (QED) is 0.467. The minimum atomic E-state index is -3.65. The van der Waals surface area contributed by atoms with Crippen molar-refractivity contribution in [2.75, 3.05) is 5.75 Å². The second-order valence-electron chi connectivity index (χ2n) is 5.00. The molecule has 0 saturated carbocycles. The maximum atomic E-state index is 11.7. The van der Waals surface area contributed by atoms with E-state index in [1.54, 1.807) is 24.5 Å². The Hall–Kier alpha value is -0.720. The molecule has 0 spiro atoms. The molecule has 1 heterocycles. The molecule has 1 aromatic heterocycles. The molecule has 1 aromatic rings. The third-order valence-electron chi connectivity index (χ3n) is 2.15. The highest BCUT2D eigenvalue weighted by Gasteiger charge is 2.29. The van der Waals surface area contributed by atoms with Gasteiger partial charge in [0.25, 0.3) is 10.1 Å². The molecular formula is C11H18ClN2O3S+. The van der Waals surface area contributed by atoms with Gasteiger partial charge < -0.3 is 0 Å². The summed E-state index contributed by atoms with van der Waals surface area (Å²) >= 11 is 5.90. The van der Waals surface area contributed by atoms with Crippen LogP contribution in [-0.2, 0) is 20.8 Å². The summed E-state index contributed by atoms with van der Waals surface area (Å²) in [6.07, 6.45) is 3.28. The number of aryl methyl sites for hydroxylation is 1. The van der Waals surface area contributed by atoms with Crippen molar-refractivity contribution in [3.63, 3.8) is 0 Å². The molecule has 0 aliphatic heterocycles. The van der Waals surface area contributed by atoms with Gasteiger partial charge in [0.15, 0.2) is 18.3 Å². The first-order valence-electron chi connectivity index (χ1n) is 5.56. The van der Waals surface area contributed by atoms with Crippen molar-refractivity contribution in [1.29, 1.82) is 0 Å². The second kappa shape index (κ2) is 5.95. The molecule has 1 unspecified atom stereocenters. The van der Waals surface area contributed by atoms with Crippen LogP contribution < -0.4 is 4.68 Å². The Morgan fingerprint density at radius 1 is 1.39 bits per heavy atom. The SMILES string of the molecule is CC(C)(C)C(Cl)OS(=O)(=O)CC[n+]1ccccn1. The zero-order valence-electron chi connectivity index (χ0n) is 10.7. The van der Waals surface area contributed by atoms with Gasteiger partial charge in [-0.2, -0.15) is 8.42 Å². The van der Waals surface area contributed by atoms with E-state index < -0.39 is 21.1 Å². The smallest absolute Gasteiger partial charge is 0.250 e. The topological polar surface area (TPSA) is 60.1 Å². The molecule has 0 N–H and O–H groups in total. The molecular weight excluding hydrogens is 276 g/mol. The summed E-state index contributed by atoms with van der Waals surface area (Å²) in [5, 5.41) is 3.97. The van der Waals surface area contributed by atoms with Crippen LogP contribution in [0.2, 0.25) is 0 Å². The summed E-state index contributed by atoms with van der Waals surface area (Å²) in [5.74, 6) is -0.159. The summed E-state index contributed by atoms with van der Waals surface area (Å²) in [6.45, 7) is 5.67. The first-order valence-corrected chi connectivity index (χ1v) is 7.58. The lowest BCUT2D eigenvalue weighted by Crippen LogP contribution is -2.41. The molecule has 0 saturated heterocycles. The largest absolute Gasteiger partial charge is 0.275 e. The number of nitrogens with zero attached hydrogens (tertiary/aromatic N) is 2. The Morgan fingerprint density at radius 3 is 2.56 bits per heavy atom. The van der Waals surface area contributed by atoms with Gasteiger partial charge in [0.05, 0.1) is 6.20 Å². The van der Waals surface area contributed by atoms with Gasteiger partial charge in [-0.25, -0.2) is 4.18 Å². The van der Waals surface area contributed by atoms with Crippen LogP contribution in [0.15, 0.2) is 24.5 Å². The third kappa shape index (κ3) is 5.29. The van der Waals surface area contributed by atoms with Gasteiger partial charge in [-0.05, 0) is 11.2 Å². The van der Waals surface area contributed by atoms with Crippen molar-refractivity contribution in [2.24, 2.45) is 5.41 Å². The number of halogens is 1. The summed E-state index contributed by atoms with van der Waals surface area (Å²) in [6, 6.07) is 3.54. The summed E-state index contributed by atoms with van der Waals surface area (Å²) in [7, 11) is -3.65. The maximum absolute atomic E-state index is 11.7. The molecule has 102 valence electrons. The van der Waals surface area contributed by atoms with Gasteiger partial charge in [-0.15, -0.1) is 0 Å². The zero-order chi connectivity index (χ0) is 13.8. The van der Waals surface area contributed by atoms with Crippen LogP contribution >= 0.6 is 11.6 Å². The standard InChI is InChI=1S/C11H18ClN2O3S/c1-11(2,3)10(12)17-18(15,16)9-8-14-7-5-4-6-13-14/h4-7,10H,8-9H2,1-3H3/q+1. The first-order chi connectivity index (χ1) is 8.21. The van der Waals surface area contributed by atoms with Crippen molar-refractivity contribution < 1.29 is 17.3 Å². The summed E-state index contributed by atoms with van der Waals surface area (Å²) in [4.78, 5) is 0. The third-order valence-corrected chi connectivity index (χ3v) is 4.17. The maximum Gasteiger partial charge on any atom is 0.275 e. The fraction of sp³-hybridized carbons (Fsp3) is 0.636. The Morgan fingerprint density at radius 2 is 2.06 bits per heavy atom. The van der Waals surface area contributed by atoms with Crippen LogP contribution in [0.5, 0.6) is 0 Å². The Kier molecular flexibility index (Phi) is 5.07. The molecule has 0 aliphatic rings. The Labute approximate surface area is 113 Å². The van der Waals surface area contributed by atoms with E-state index in [0.29, 0.717) is 0 Å². The van der Waals surface area contributed by atoms with Crippen molar-refractivity contribution in [3.05, 3.63) is 24.5 Å². The van der Waals surface area contributed by atoms with Crippen LogP contribution in [0.4, 0.5) is 0 Å². The molecule has 18 heavy (non-hydrogen) atoms. The lowest BCUT2D eigenvalue weighted by Gasteiger charge is -2.23. The van der Waals surface area contributed by atoms with E-state index in [-0.39, 0.29) is 12.3 Å². The average molecular weight is 294 g/mol. The molecule has 0 amide bonds. The lowest BCUT2D eigenvalue weighted by atomic mass is 9.98. The zero-order valence-corrected chi connectivity index (χ0v) is 12.3. The van der Waals surface area contributed by atoms with E-state index in [4.69, 9.17) is 15.8 Å². The molecule has 0 fully saturated rings.